The van der Waals surface area contributed by atoms with E-state index < -0.39 is 0 Å². The highest BCUT2D eigenvalue weighted by Gasteiger charge is 2.26. The maximum atomic E-state index is 12.6. The molecule has 0 aliphatic heterocycles. The van der Waals surface area contributed by atoms with E-state index in [1.807, 2.05) is 12.1 Å². The van der Waals surface area contributed by atoms with Gasteiger partial charge in [0, 0.05) is 6.07 Å². The molecule has 3 aromatic rings. The quantitative estimate of drug-likeness (QED) is 0.762. The molecule has 1 aliphatic carbocycles. The van der Waals surface area contributed by atoms with Crippen LogP contribution in [0.2, 0.25) is 0 Å². The van der Waals surface area contributed by atoms with Crippen LogP contribution in [0.3, 0.4) is 0 Å². The van der Waals surface area contributed by atoms with Gasteiger partial charge in [-0.2, -0.15) is 9.78 Å². The van der Waals surface area contributed by atoms with Crippen molar-refractivity contribution in [3.63, 3.8) is 0 Å². The minimum absolute atomic E-state index is 0.169. The van der Waals surface area contributed by atoms with Crippen LogP contribution in [0, 0.1) is 0 Å². The number of hydrogen-bond acceptors (Lipinski definition) is 4. The van der Waals surface area contributed by atoms with Gasteiger partial charge in [-0.25, -0.2) is 0 Å². The molecular formula is C20H17N3O3. The molecule has 1 aromatic heterocycles. The lowest BCUT2D eigenvalue weighted by atomic mass is 10.1. The number of carbonyl (C=O) groups excluding carboxylic acids is 1. The van der Waals surface area contributed by atoms with E-state index in [4.69, 9.17) is 0 Å². The van der Waals surface area contributed by atoms with Gasteiger partial charge in [0.2, 0.25) is 0 Å². The van der Waals surface area contributed by atoms with Crippen molar-refractivity contribution in [2.45, 2.75) is 18.9 Å². The second kappa shape index (κ2) is 6.48. The normalized spacial score (nSPS) is 15.5. The van der Waals surface area contributed by atoms with Crippen molar-refractivity contribution in [2.75, 3.05) is 0 Å². The van der Waals surface area contributed by atoms with Crippen LogP contribution in [0.25, 0.3) is 5.69 Å². The molecule has 6 nitrogen and oxygen atoms in total. The third-order valence-corrected chi connectivity index (χ3v) is 4.58. The second-order valence-corrected chi connectivity index (χ2v) is 6.21. The molecule has 0 radical (unpaired) electrons. The summed E-state index contributed by atoms with van der Waals surface area (Å²) in [7, 11) is 0. The summed E-state index contributed by atoms with van der Waals surface area (Å²) in [5.41, 5.74) is 2.27. The van der Waals surface area contributed by atoms with Crippen LogP contribution < -0.4 is 10.9 Å². The van der Waals surface area contributed by atoms with Crippen molar-refractivity contribution in [1.29, 1.82) is 0 Å². The van der Waals surface area contributed by atoms with Gasteiger partial charge in [-0.15, -0.1) is 0 Å². The van der Waals surface area contributed by atoms with Gasteiger partial charge in [0.05, 0.1) is 11.7 Å². The highest BCUT2D eigenvalue weighted by molar-refractivity contribution is 5.92. The smallest absolute Gasteiger partial charge is 0.272 e. The second-order valence-electron chi connectivity index (χ2n) is 6.21. The highest BCUT2D eigenvalue weighted by Crippen LogP contribution is 2.36. The average Bonchev–Trinajstić information content (AvgIpc) is 3.07. The minimum atomic E-state index is -0.351. The molecule has 26 heavy (non-hydrogen) atoms. The summed E-state index contributed by atoms with van der Waals surface area (Å²) in [5, 5.41) is 17.1. The molecule has 130 valence electrons. The number of aromatic nitrogens is 2. The number of benzene rings is 2. The number of nitrogens with one attached hydrogen (secondary N) is 1. The predicted molar refractivity (Wildman–Crippen MR) is 96.5 cm³/mol. The van der Waals surface area contributed by atoms with E-state index in [9.17, 15) is 14.7 Å². The van der Waals surface area contributed by atoms with Crippen LogP contribution in [0.4, 0.5) is 0 Å². The fraction of sp³-hybridized carbons (Fsp3) is 0.150. The van der Waals surface area contributed by atoms with Gasteiger partial charge in [-0.05, 0) is 48.2 Å². The first-order valence-electron chi connectivity index (χ1n) is 8.41. The van der Waals surface area contributed by atoms with Crippen molar-refractivity contribution < 1.29 is 9.90 Å². The van der Waals surface area contributed by atoms with Crippen LogP contribution in [0.5, 0.6) is 5.75 Å². The van der Waals surface area contributed by atoms with Gasteiger partial charge in [0.1, 0.15) is 11.4 Å². The van der Waals surface area contributed by atoms with Crippen LogP contribution in [0.1, 0.15) is 34.1 Å². The van der Waals surface area contributed by atoms with Crippen molar-refractivity contribution in [3.05, 3.63) is 87.8 Å². The topological polar surface area (TPSA) is 84.2 Å². The summed E-state index contributed by atoms with van der Waals surface area (Å²) >= 11 is 0. The van der Waals surface area contributed by atoms with Crippen molar-refractivity contribution in [3.8, 4) is 11.4 Å². The molecule has 0 saturated carbocycles. The van der Waals surface area contributed by atoms with Gasteiger partial charge in [0.25, 0.3) is 11.5 Å². The van der Waals surface area contributed by atoms with Crippen LogP contribution in [-0.4, -0.2) is 20.8 Å². The Balaban J connectivity index is 1.61. The first kappa shape index (κ1) is 16.1. The molecule has 0 spiro atoms. The lowest BCUT2D eigenvalue weighted by Crippen LogP contribution is -2.31. The standard InChI is InChI=1S/C20H17N3O3/c24-18-8-4-7-14-15(18)9-10-16(14)21-20(26)17-11-12-19(25)23(22-17)13-5-2-1-3-6-13/h1-8,11-12,16,24H,9-10H2,(H,21,26). The molecule has 0 saturated heterocycles. The first-order valence-corrected chi connectivity index (χ1v) is 8.41. The molecule has 2 aromatic carbocycles. The Kier molecular flexibility index (Phi) is 4.01. The number of phenols is 1. The molecular weight excluding hydrogens is 330 g/mol. The SMILES string of the molecule is O=C(NC1CCc2c(O)cccc21)c1ccc(=O)n(-c2ccccc2)n1. The van der Waals surface area contributed by atoms with Gasteiger partial charge >= 0.3 is 0 Å². The number of hydrogen-bond donors (Lipinski definition) is 2. The lowest BCUT2D eigenvalue weighted by molar-refractivity contribution is 0.0930. The summed E-state index contributed by atoms with van der Waals surface area (Å²) in [6.07, 6.45) is 1.43. The average molecular weight is 347 g/mol. The monoisotopic (exact) mass is 347 g/mol. The Morgan fingerprint density at radius 1 is 1.08 bits per heavy atom. The Labute approximate surface area is 149 Å². The number of carbonyl (C=O) groups is 1. The highest BCUT2D eigenvalue weighted by atomic mass is 16.3. The lowest BCUT2D eigenvalue weighted by Gasteiger charge is -2.14. The van der Waals surface area contributed by atoms with Gasteiger partial charge < -0.3 is 10.4 Å². The Bertz CT molecular complexity index is 1030. The van der Waals surface area contributed by atoms with Crippen LogP contribution in [-0.2, 0) is 6.42 Å². The Morgan fingerprint density at radius 3 is 2.69 bits per heavy atom. The van der Waals surface area contributed by atoms with E-state index in [-0.39, 0.29) is 29.0 Å². The summed E-state index contributed by atoms with van der Waals surface area (Å²) in [6, 6.07) is 16.9. The molecule has 1 unspecified atom stereocenters. The van der Waals surface area contributed by atoms with E-state index in [0.29, 0.717) is 12.1 Å². The number of aromatic hydroxyl groups is 1. The van der Waals surface area contributed by atoms with E-state index in [1.54, 1.807) is 36.4 Å². The molecule has 1 heterocycles. The molecule has 1 atom stereocenters. The predicted octanol–water partition coefficient (Wildman–Crippen LogP) is 2.36. The Morgan fingerprint density at radius 2 is 1.88 bits per heavy atom. The van der Waals surface area contributed by atoms with Gasteiger partial charge in [0.15, 0.2) is 0 Å². The van der Waals surface area contributed by atoms with E-state index in [2.05, 4.69) is 10.4 Å². The fourth-order valence-electron chi connectivity index (χ4n) is 3.30. The number of phenolic OH excluding ortho intramolecular Hbond substituents is 1. The fourth-order valence-corrected chi connectivity index (χ4v) is 3.30. The minimum Gasteiger partial charge on any atom is -0.508 e. The number of fused-ring (bicyclic) bond motifs is 1. The van der Waals surface area contributed by atoms with E-state index in [0.717, 1.165) is 17.5 Å². The molecule has 1 amide bonds. The summed E-state index contributed by atoms with van der Waals surface area (Å²) in [5.74, 6) is -0.0918. The van der Waals surface area contributed by atoms with Crippen molar-refractivity contribution in [1.82, 2.24) is 15.1 Å². The molecule has 0 fully saturated rings. The third-order valence-electron chi connectivity index (χ3n) is 4.58. The van der Waals surface area contributed by atoms with Crippen molar-refractivity contribution >= 4 is 5.91 Å². The third kappa shape index (κ3) is 2.86. The van der Waals surface area contributed by atoms with Gasteiger partial charge in [-0.1, -0.05) is 30.3 Å². The molecule has 1 aliphatic rings. The summed E-state index contributed by atoms with van der Waals surface area (Å²) in [4.78, 5) is 24.7. The Hall–Kier alpha value is -3.41. The zero-order valence-corrected chi connectivity index (χ0v) is 13.9. The van der Waals surface area contributed by atoms with Crippen LogP contribution >= 0.6 is 0 Å². The zero-order chi connectivity index (χ0) is 18.1. The first-order chi connectivity index (χ1) is 12.6. The number of para-hydroxylation sites is 1. The summed E-state index contributed by atoms with van der Waals surface area (Å²) < 4.78 is 1.21. The number of rotatable bonds is 3. The van der Waals surface area contributed by atoms with Crippen LogP contribution in [0.15, 0.2) is 65.5 Å². The molecule has 2 N–H and O–H groups in total. The maximum Gasteiger partial charge on any atom is 0.272 e. The molecule has 6 heteroatoms. The van der Waals surface area contributed by atoms with Crippen molar-refractivity contribution in [2.24, 2.45) is 0 Å². The molecule has 0 bridgehead atoms. The maximum absolute atomic E-state index is 12.6. The number of nitrogens with zero attached hydrogens (tertiary/aromatic N) is 2. The zero-order valence-electron chi connectivity index (χ0n) is 13.9. The summed E-state index contributed by atoms with van der Waals surface area (Å²) in [6.45, 7) is 0. The number of amides is 1. The van der Waals surface area contributed by atoms with Gasteiger partial charge in [-0.3, -0.25) is 9.59 Å². The van der Waals surface area contributed by atoms with E-state index >= 15 is 0 Å². The van der Waals surface area contributed by atoms with E-state index in [1.165, 1.54) is 16.8 Å². The largest absolute Gasteiger partial charge is 0.508 e. The molecule has 4 rings (SSSR count).